The maximum absolute atomic E-state index is 5.87. The van der Waals surface area contributed by atoms with E-state index in [4.69, 9.17) is 4.74 Å². The van der Waals surface area contributed by atoms with Crippen molar-refractivity contribution < 1.29 is 4.74 Å². The minimum atomic E-state index is -0.0300. The maximum atomic E-state index is 5.87. The third-order valence-electron chi connectivity index (χ3n) is 3.42. The molecule has 2 rings (SSSR count). The predicted molar refractivity (Wildman–Crippen MR) is 100 cm³/mol. The number of benzene rings is 2. The molecule has 0 spiro atoms. The second-order valence-electron chi connectivity index (χ2n) is 6.67. The van der Waals surface area contributed by atoms with Gasteiger partial charge in [-0.25, -0.2) is 0 Å². The van der Waals surface area contributed by atoms with Crippen molar-refractivity contribution in [1.29, 1.82) is 0 Å². The average molecular weight is 325 g/mol. The summed E-state index contributed by atoms with van der Waals surface area (Å²) in [6.45, 7) is 7.59. The number of ether oxygens (including phenoxy) is 1. The van der Waals surface area contributed by atoms with E-state index in [2.05, 4.69) is 48.5 Å². The van der Waals surface area contributed by atoms with Crippen LogP contribution in [-0.4, -0.2) is 18.5 Å². The van der Waals surface area contributed by atoms with Gasteiger partial charge >= 0.3 is 0 Å². The molecule has 0 amide bonds. The number of hydrogen-bond donors (Lipinski definition) is 2. The first-order valence-corrected chi connectivity index (χ1v) is 8.21. The van der Waals surface area contributed by atoms with Gasteiger partial charge in [-0.05, 0) is 44.0 Å². The zero-order valence-electron chi connectivity index (χ0n) is 15.0. The van der Waals surface area contributed by atoms with E-state index < -0.39 is 0 Å². The number of nitrogens with one attached hydrogen (secondary N) is 2. The highest BCUT2D eigenvalue weighted by Gasteiger charge is 2.12. The molecule has 0 fully saturated rings. The minimum Gasteiger partial charge on any atom is -0.489 e. The second-order valence-corrected chi connectivity index (χ2v) is 6.67. The normalized spacial score (nSPS) is 11.9. The number of para-hydroxylation sites is 1. The third kappa shape index (κ3) is 5.95. The first kappa shape index (κ1) is 17.9. The quantitative estimate of drug-likeness (QED) is 0.650. The molecule has 0 aromatic heterocycles. The molecule has 4 nitrogen and oxygen atoms in total. The summed E-state index contributed by atoms with van der Waals surface area (Å²) in [4.78, 5) is 4.27. The molecule has 0 atom stereocenters. The van der Waals surface area contributed by atoms with Crippen LogP contribution in [0.4, 0.5) is 0 Å². The third-order valence-corrected chi connectivity index (χ3v) is 3.42. The van der Waals surface area contributed by atoms with Gasteiger partial charge in [-0.2, -0.15) is 0 Å². The largest absolute Gasteiger partial charge is 0.489 e. The van der Waals surface area contributed by atoms with Crippen LogP contribution in [0.2, 0.25) is 0 Å². The van der Waals surface area contributed by atoms with Crippen LogP contribution in [0.3, 0.4) is 0 Å². The lowest BCUT2D eigenvalue weighted by Crippen LogP contribution is -2.47. The van der Waals surface area contributed by atoms with Crippen molar-refractivity contribution in [2.75, 3.05) is 7.05 Å². The van der Waals surface area contributed by atoms with Crippen LogP contribution in [0.25, 0.3) is 0 Å². The highest BCUT2D eigenvalue weighted by Crippen LogP contribution is 2.14. The summed E-state index contributed by atoms with van der Waals surface area (Å²) in [6, 6.07) is 18.2. The summed E-state index contributed by atoms with van der Waals surface area (Å²) in [5.41, 5.74) is 2.34. The van der Waals surface area contributed by atoms with E-state index in [1.165, 1.54) is 11.1 Å². The van der Waals surface area contributed by atoms with Gasteiger partial charge in [0, 0.05) is 19.1 Å². The predicted octanol–water partition coefficient (Wildman–Crippen LogP) is 3.73. The van der Waals surface area contributed by atoms with E-state index >= 15 is 0 Å². The van der Waals surface area contributed by atoms with Crippen molar-refractivity contribution >= 4 is 5.96 Å². The molecule has 4 heteroatoms. The molecule has 2 aromatic carbocycles. The Balaban J connectivity index is 1.98. The van der Waals surface area contributed by atoms with Gasteiger partial charge in [0.05, 0.1) is 0 Å². The van der Waals surface area contributed by atoms with E-state index in [0.29, 0.717) is 13.2 Å². The Kier molecular flexibility index (Phi) is 6.24. The highest BCUT2D eigenvalue weighted by atomic mass is 16.5. The zero-order valence-corrected chi connectivity index (χ0v) is 15.0. The number of aliphatic imine (C=N–C) groups is 1. The summed E-state index contributed by atoms with van der Waals surface area (Å²) < 4.78 is 5.87. The molecular formula is C20H27N3O. The summed E-state index contributed by atoms with van der Waals surface area (Å²) in [5, 5.41) is 6.73. The Hall–Kier alpha value is -2.49. The first-order valence-electron chi connectivity index (χ1n) is 8.21. The second kappa shape index (κ2) is 8.39. The van der Waals surface area contributed by atoms with Gasteiger partial charge in [-0.3, -0.25) is 4.99 Å². The fourth-order valence-corrected chi connectivity index (χ4v) is 2.26. The Morgan fingerprint density at radius 3 is 2.21 bits per heavy atom. The van der Waals surface area contributed by atoms with Gasteiger partial charge in [-0.15, -0.1) is 0 Å². The molecule has 0 aliphatic heterocycles. The average Bonchev–Trinajstić information content (AvgIpc) is 2.57. The number of guanidine groups is 1. The van der Waals surface area contributed by atoms with E-state index in [1.54, 1.807) is 7.05 Å². The van der Waals surface area contributed by atoms with Gasteiger partial charge in [0.15, 0.2) is 5.96 Å². The number of hydrogen-bond acceptors (Lipinski definition) is 2. The van der Waals surface area contributed by atoms with Crippen molar-refractivity contribution in [1.82, 2.24) is 10.6 Å². The summed E-state index contributed by atoms with van der Waals surface area (Å²) in [5.74, 6) is 1.67. The molecule has 2 N–H and O–H groups in total. The van der Waals surface area contributed by atoms with Crippen molar-refractivity contribution in [3.8, 4) is 5.75 Å². The van der Waals surface area contributed by atoms with Crippen LogP contribution >= 0.6 is 0 Å². The van der Waals surface area contributed by atoms with Gasteiger partial charge in [0.2, 0.25) is 0 Å². The van der Waals surface area contributed by atoms with Crippen molar-refractivity contribution in [2.24, 2.45) is 4.99 Å². The standard InChI is InChI=1S/C20H27N3O/c1-20(2,3)23-19(21-4)22-14-16-10-8-9-11-17(16)15-24-18-12-6-5-7-13-18/h5-13H,14-15H2,1-4H3,(H2,21,22,23). The summed E-state index contributed by atoms with van der Waals surface area (Å²) in [7, 11) is 1.78. The topological polar surface area (TPSA) is 45.7 Å². The Morgan fingerprint density at radius 1 is 0.958 bits per heavy atom. The molecule has 128 valence electrons. The molecule has 0 aliphatic carbocycles. The lowest BCUT2D eigenvalue weighted by atomic mass is 10.1. The zero-order chi connectivity index (χ0) is 17.4. The van der Waals surface area contributed by atoms with Gasteiger partial charge in [0.1, 0.15) is 12.4 Å². The van der Waals surface area contributed by atoms with Crippen LogP contribution in [0, 0.1) is 0 Å². The Labute approximate surface area is 145 Å². The molecule has 0 aliphatic rings. The van der Waals surface area contributed by atoms with Crippen LogP contribution in [0.5, 0.6) is 5.75 Å². The lowest BCUT2D eigenvalue weighted by molar-refractivity contribution is 0.305. The highest BCUT2D eigenvalue weighted by molar-refractivity contribution is 5.80. The van der Waals surface area contributed by atoms with Crippen molar-refractivity contribution in [3.63, 3.8) is 0 Å². The molecule has 0 bridgehead atoms. The lowest BCUT2D eigenvalue weighted by Gasteiger charge is -2.24. The fraction of sp³-hybridized carbons (Fsp3) is 0.350. The Morgan fingerprint density at radius 2 is 1.58 bits per heavy atom. The van der Waals surface area contributed by atoms with Crippen LogP contribution in [0.15, 0.2) is 59.6 Å². The molecule has 24 heavy (non-hydrogen) atoms. The van der Waals surface area contributed by atoms with Crippen molar-refractivity contribution in [2.45, 2.75) is 39.5 Å². The molecule has 0 saturated heterocycles. The van der Waals surface area contributed by atoms with Crippen LogP contribution in [0.1, 0.15) is 31.9 Å². The van der Waals surface area contributed by atoms with Gasteiger partial charge < -0.3 is 15.4 Å². The fourth-order valence-electron chi connectivity index (χ4n) is 2.26. The van der Waals surface area contributed by atoms with E-state index in [-0.39, 0.29) is 5.54 Å². The maximum Gasteiger partial charge on any atom is 0.191 e. The van der Waals surface area contributed by atoms with Crippen LogP contribution < -0.4 is 15.4 Å². The number of rotatable bonds is 5. The SMILES string of the molecule is CN=C(NCc1ccccc1COc1ccccc1)NC(C)(C)C. The van der Waals surface area contributed by atoms with Crippen LogP contribution in [-0.2, 0) is 13.2 Å². The van der Waals surface area contributed by atoms with Gasteiger partial charge in [-0.1, -0.05) is 42.5 Å². The molecule has 0 heterocycles. The van der Waals surface area contributed by atoms with Crippen molar-refractivity contribution in [3.05, 3.63) is 65.7 Å². The first-order chi connectivity index (χ1) is 11.5. The van der Waals surface area contributed by atoms with Gasteiger partial charge in [0.25, 0.3) is 0 Å². The minimum absolute atomic E-state index is 0.0300. The monoisotopic (exact) mass is 325 g/mol. The molecule has 2 aromatic rings. The summed E-state index contributed by atoms with van der Waals surface area (Å²) >= 11 is 0. The molecule has 0 saturated carbocycles. The molecule has 0 unspecified atom stereocenters. The molecule has 0 radical (unpaired) electrons. The van der Waals surface area contributed by atoms with E-state index in [1.807, 2.05) is 42.5 Å². The number of nitrogens with zero attached hydrogens (tertiary/aromatic N) is 1. The van der Waals surface area contributed by atoms with E-state index in [0.717, 1.165) is 11.7 Å². The smallest absolute Gasteiger partial charge is 0.191 e. The molecular weight excluding hydrogens is 298 g/mol. The summed E-state index contributed by atoms with van der Waals surface area (Å²) in [6.07, 6.45) is 0. The van der Waals surface area contributed by atoms with E-state index in [9.17, 15) is 0 Å². The Bertz CT molecular complexity index is 660.